The molecule has 158 valence electrons. The lowest BCUT2D eigenvalue weighted by atomic mass is 9.85. The maximum Gasteiger partial charge on any atom is 0.416 e. The molecule has 0 saturated carbocycles. The number of fused-ring (bicyclic) bond motifs is 1. The molecule has 0 amide bonds. The zero-order chi connectivity index (χ0) is 22.2. The van der Waals surface area contributed by atoms with Crippen LogP contribution in [-0.2, 0) is 12.6 Å². The first-order chi connectivity index (χ1) is 14.7. The fraction of sp³-hybridized carbons (Fsp3) is 0.167. The third-order valence-electron chi connectivity index (χ3n) is 5.29. The Morgan fingerprint density at radius 2 is 1.84 bits per heavy atom. The topological polar surface area (TPSA) is 46.0 Å². The van der Waals surface area contributed by atoms with Gasteiger partial charge in [-0.2, -0.15) is 13.2 Å². The number of aromatic hydroxyl groups is 1. The van der Waals surface area contributed by atoms with E-state index in [1.165, 1.54) is 12.3 Å². The van der Waals surface area contributed by atoms with Gasteiger partial charge < -0.3 is 5.11 Å². The summed E-state index contributed by atoms with van der Waals surface area (Å²) in [6.45, 7) is 1.84. The van der Waals surface area contributed by atoms with Gasteiger partial charge in [0.25, 0.3) is 0 Å². The third-order valence-corrected chi connectivity index (χ3v) is 5.68. The minimum atomic E-state index is -4.47. The molecule has 0 aliphatic carbocycles. The fourth-order valence-electron chi connectivity index (χ4n) is 3.68. The van der Waals surface area contributed by atoms with Crippen molar-refractivity contribution in [3.63, 3.8) is 0 Å². The van der Waals surface area contributed by atoms with Crippen LogP contribution in [0, 0.1) is 6.92 Å². The highest BCUT2D eigenvalue weighted by molar-refractivity contribution is 6.31. The van der Waals surface area contributed by atoms with Gasteiger partial charge in [-0.1, -0.05) is 48.0 Å². The lowest BCUT2D eigenvalue weighted by molar-refractivity contribution is -0.137. The van der Waals surface area contributed by atoms with E-state index in [-0.39, 0.29) is 12.2 Å². The predicted octanol–water partition coefficient (Wildman–Crippen LogP) is 6.69. The van der Waals surface area contributed by atoms with E-state index < -0.39 is 17.7 Å². The Bertz CT molecular complexity index is 1260. The second kappa shape index (κ2) is 8.19. The quantitative estimate of drug-likeness (QED) is 0.383. The predicted molar refractivity (Wildman–Crippen MR) is 114 cm³/mol. The van der Waals surface area contributed by atoms with Crippen LogP contribution in [0.2, 0.25) is 5.02 Å². The van der Waals surface area contributed by atoms with Crippen LogP contribution in [0.5, 0.6) is 5.75 Å². The SMILES string of the molecule is Cc1cc(CC(c2cccc(C(F)(F)F)c2)c2ccc3cccnc3c2O)ncc1Cl. The van der Waals surface area contributed by atoms with Crippen molar-refractivity contribution >= 4 is 22.5 Å². The molecule has 7 heteroatoms. The molecule has 1 unspecified atom stereocenters. The molecule has 4 aromatic rings. The number of aromatic nitrogens is 2. The van der Waals surface area contributed by atoms with Gasteiger partial charge in [0.05, 0.1) is 10.6 Å². The van der Waals surface area contributed by atoms with Crippen molar-refractivity contribution in [2.24, 2.45) is 0 Å². The van der Waals surface area contributed by atoms with E-state index >= 15 is 0 Å². The molecule has 1 N–H and O–H groups in total. The van der Waals surface area contributed by atoms with Crippen LogP contribution in [0.3, 0.4) is 0 Å². The Morgan fingerprint density at radius 3 is 2.58 bits per heavy atom. The monoisotopic (exact) mass is 442 g/mol. The van der Waals surface area contributed by atoms with Crippen molar-refractivity contribution in [2.75, 3.05) is 0 Å². The van der Waals surface area contributed by atoms with Crippen molar-refractivity contribution in [3.05, 3.63) is 100.0 Å². The van der Waals surface area contributed by atoms with E-state index in [0.29, 0.717) is 27.4 Å². The maximum absolute atomic E-state index is 13.4. The Kier molecular flexibility index (Phi) is 5.58. The Hall–Kier alpha value is -3.12. The average Bonchev–Trinajstić information content (AvgIpc) is 2.75. The molecule has 2 heterocycles. The van der Waals surface area contributed by atoms with E-state index in [2.05, 4.69) is 9.97 Å². The molecular formula is C24H18ClF3N2O. The van der Waals surface area contributed by atoms with E-state index in [0.717, 1.165) is 23.1 Å². The molecule has 3 nitrogen and oxygen atoms in total. The minimum absolute atomic E-state index is 0.0498. The maximum atomic E-state index is 13.4. The summed E-state index contributed by atoms with van der Waals surface area (Å²) in [4.78, 5) is 8.59. The summed E-state index contributed by atoms with van der Waals surface area (Å²) in [7, 11) is 0. The molecule has 0 radical (unpaired) electrons. The summed E-state index contributed by atoms with van der Waals surface area (Å²) in [5, 5.41) is 12.2. The van der Waals surface area contributed by atoms with Gasteiger partial charge in [-0.15, -0.1) is 0 Å². The number of benzene rings is 2. The highest BCUT2D eigenvalue weighted by Crippen LogP contribution is 2.39. The van der Waals surface area contributed by atoms with Crippen molar-refractivity contribution in [3.8, 4) is 5.75 Å². The number of hydrogen-bond acceptors (Lipinski definition) is 3. The first-order valence-electron chi connectivity index (χ1n) is 9.59. The van der Waals surface area contributed by atoms with Gasteiger partial charge in [0.1, 0.15) is 11.3 Å². The summed E-state index contributed by atoms with van der Waals surface area (Å²) in [6.07, 6.45) is -1.10. The first-order valence-corrected chi connectivity index (χ1v) is 9.96. The Labute approximate surface area is 182 Å². The molecule has 0 aliphatic heterocycles. The van der Waals surface area contributed by atoms with Crippen LogP contribution in [-0.4, -0.2) is 15.1 Å². The standard InChI is InChI=1S/C24H18ClF3N2O/c1-14-10-18(30-13-21(14)25)12-20(16-4-2-6-17(11-16)24(26,27)28)19-8-7-15-5-3-9-29-22(15)23(19)31/h2-11,13,20,31H,12H2,1H3. The fourth-order valence-corrected chi connectivity index (χ4v) is 3.79. The van der Waals surface area contributed by atoms with Crippen molar-refractivity contribution < 1.29 is 18.3 Å². The number of hydrogen-bond donors (Lipinski definition) is 1. The summed E-state index contributed by atoms with van der Waals surface area (Å²) >= 11 is 6.08. The van der Waals surface area contributed by atoms with E-state index in [9.17, 15) is 18.3 Å². The Morgan fingerprint density at radius 1 is 1.03 bits per heavy atom. The number of alkyl halides is 3. The van der Waals surface area contributed by atoms with E-state index in [1.807, 2.05) is 13.0 Å². The van der Waals surface area contributed by atoms with E-state index in [1.54, 1.807) is 36.5 Å². The van der Waals surface area contributed by atoms with Gasteiger partial charge in [0, 0.05) is 41.4 Å². The van der Waals surface area contributed by atoms with Gasteiger partial charge in [-0.3, -0.25) is 9.97 Å². The molecule has 4 rings (SSSR count). The first kappa shape index (κ1) is 21.1. The van der Waals surface area contributed by atoms with Crippen LogP contribution < -0.4 is 0 Å². The number of halogens is 4. The second-order valence-electron chi connectivity index (χ2n) is 7.38. The van der Waals surface area contributed by atoms with Gasteiger partial charge in [0.2, 0.25) is 0 Å². The average molecular weight is 443 g/mol. The summed E-state index contributed by atoms with van der Waals surface area (Å²) in [6, 6.07) is 14.1. The van der Waals surface area contributed by atoms with Crippen LogP contribution in [0.1, 0.15) is 33.9 Å². The molecule has 0 saturated heterocycles. The zero-order valence-electron chi connectivity index (χ0n) is 16.5. The molecular weight excluding hydrogens is 425 g/mol. The summed E-state index contributed by atoms with van der Waals surface area (Å²) < 4.78 is 40.1. The van der Waals surface area contributed by atoms with Crippen LogP contribution in [0.4, 0.5) is 13.2 Å². The molecule has 1 atom stereocenters. The minimum Gasteiger partial charge on any atom is -0.505 e. The smallest absolute Gasteiger partial charge is 0.416 e. The zero-order valence-corrected chi connectivity index (χ0v) is 17.2. The third kappa shape index (κ3) is 4.35. The number of nitrogens with zero attached hydrogens (tertiary/aromatic N) is 2. The number of aryl methyl sites for hydroxylation is 1. The highest BCUT2D eigenvalue weighted by Gasteiger charge is 2.31. The van der Waals surface area contributed by atoms with E-state index in [4.69, 9.17) is 11.6 Å². The molecule has 0 bridgehead atoms. The lowest BCUT2D eigenvalue weighted by Gasteiger charge is -2.21. The van der Waals surface area contributed by atoms with Crippen LogP contribution >= 0.6 is 11.6 Å². The second-order valence-corrected chi connectivity index (χ2v) is 7.79. The summed E-state index contributed by atoms with van der Waals surface area (Å²) in [5.74, 6) is -0.618. The van der Waals surface area contributed by atoms with Crippen LogP contribution in [0.25, 0.3) is 10.9 Å². The lowest BCUT2D eigenvalue weighted by Crippen LogP contribution is -2.10. The number of rotatable bonds is 4. The molecule has 31 heavy (non-hydrogen) atoms. The number of phenolic OH excluding ortho intramolecular Hbond substituents is 1. The van der Waals surface area contributed by atoms with Gasteiger partial charge in [-0.05, 0) is 36.2 Å². The van der Waals surface area contributed by atoms with Crippen molar-refractivity contribution in [2.45, 2.75) is 25.4 Å². The molecule has 2 aromatic heterocycles. The van der Waals surface area contributed by atoms with Gasteiger partial charge in [0.15, 0.2) is 0 Å². The normalized spacial score (nSPS) is 12.8. The molecule has 0 spiro atoms. The van der Waals surface area contributed by atoms with Crippen molar-refractivity contribution in [1.29, 1.82) is 0 Å². The highest BCUT2D eigenvalue weighted by atomic mass is 35.5. The Balaban J connectivity index is 1.87. The van der Waals surface area contributed by atoms with Crippen LogP contribution in [0.15, 0.2) is 67.0 Å². The molecule has 2 aromatic carbocycles. The number of phenols is 1. The molecule has 0 fully saturated rings. The number of pyridine rings is 2. The van der Waals surface area contributed by atoms with Crippen molar-refractivity contribution in [1.82, 2.24) is 9.97 Å². The summed E-state index contributed by atoms with van der Waals surface area (Å²) in [5.41, 5.74) is 2.05. The van der Waals surface area contributed by atoms with Gasteiger partial charge in [-0.25, -0.2) is 0 Å². The molecule has 0 aliphatic rings. The van der Waals surface area contributed by atoms with Gasteiger partial charge >= 0.3 is 6.18 Å². The largest absolute Gasteiger partial charge is 0.505 e.